The van der Waals surface area contributed by atoms with Crippen LogP contribution in [0.15, 0.2) is 29.2 Å². The van der Waals surface area contributed by atoms with Gasteiger partial charge in [0.15, 0.2) is 0 Å². The average molecular weight is 381 g/mol. The fourth-order valence-corrected chi connectivity index (χ4v) is 4.61. The highest BCUT2D eigenvalue weighted by Crippen LogP contribution is 2.18. The van der Waals surface area contributed by atoms with Crippen molar-refractivity contribution in [1.82, 2.24) is 14.1 Å². The SMILES string of the molecule is CCCN(CCC)S(=O)(=O)c1ccc(C(=O)N2CCN(C=O)CC2)cc1. The van der Waals surface area contributed by atoms with Crippen LogP contribution in [0.3, 0.4) is 0 Å². The lowest BCUT2D eigenvalue weighted by Crippen LogP contribution is -2.48. The Balaban J connectivity index is 2.12. The first-order chi connectivity index (χ1) is 12.4. The Bertz CT molecular complexity index is 704. The van der Waals surface area contributed by atoms with E-state index in [0.29, 0.717) is 44.8 Å². The topological polar surface area (TPSA) is 78.0 Å². The lowest BCUT2D eigenvalue weighted by Gasteiger charge is -2.32. The largest absolute Gasteiger partial charge is 0.342 e. The van der Waals surface area contributed by atoms with Crippen molar-refractivity contribution in [2.75, 3.05) is 39.3 Å². The Kier molecular flexibility index (Phi) is 7.16. The zero-order chi connectivity index (χ0) is 19.2. The summed E-state index contributed by atoms with van der Waals surface area (Å²) in [5.74, 6) is -0.140. The number of amides is 2. The van der Waals surface area contributed by atoms with Crippen molar-refractivity contribution in [3.63, 3.8) is 0 Å². The zero-order valence-electron chi connectivity index (χ0n) is 15.4. The Hall–Kier alpha value is -1.93. The summed E-state index contributed by atoms with van der Waals surface area (Å²) in [7, 11) is -3.54. The summed E-state index contributed by atoms with van der Waals surface area (Å²) in [6.45, 7) is 6.87. The third-order valence-corrected chi connectivity index (χ3v) is 6.35. The van der Waals surface area contributed by atoms with Gasteiger partial charge < -0.3 is 9.80 Å². The third kappa shape index (κ3) is 4.62. The van der Waals surface area contributed by atoms with Crippen molar-refractivity contribution in [1.29, 1.82) is 0 Å². The normalized spacial score (nSPS) is 15.3. The molecular weight excluding hydrogens is 354 g/mol. The molecule has 2 rings (SSSR count). The van der Waals surface area contributed by atoms with E-state index in [9.17, 15) is 18.0 Å². The van der Waals surface area contributed by atoms with E-state index in [0.717, 1.165) is 19.3 Å². The number of sulfonamides is 1. The van der Waals surface area contributed by atoms with Crippen LogP contribution in [0, 0.1) is 0 Å². The Morgan fingerprint density at radius 3 is 2.04 bits per heavy atom. The van der Waals surface area contributed by atoms with E-state index in [1.807, 2.05) is 13.8 Å². The maximum Gasteiger partial charge on any atom is 0.253 e. The molecule has 1 fully saturated rings. The Morgan fingerprint density at radius 2 is 1.58 bits per heavy atom. The second-order valence-corrected chi connectivity index (χ2v) is 8.30. The molecule has 2 amide bonds. The molecule has 0 spiro atoms. The van der Waals surface area contributed by atoms with E-state index in [1.54, 1.807) is 21.9 Å². The zero-order valence-corrected chi connectivity index (χ0v) is 16.2. The monoisotopic (exact) mass is 381 g/mol. The van der Waals surface area contributed by atoms with E-state index in [-0.39, 0.29) is 10.8 Å². The van der Waals surface area contributed by atoms with Crippen LogP contribution in [0.4, 0.5) is 0 Å². The summed E-state index contributed by atoms with van der Waals surface area (Å²) >= 11 is 0. The van der Waals surface area contributed by atoms with Crippen LogP contribution < -0.4 is 0 Å². The van der Waals surface area contributed by atoms with Crippen LogP contribution >= 0.6 is 0 Å². The van der Waals surface area contributed by atoms with Crippen molar-refractivity contribution in [3.8, 4) is 0 Å². The second-order valence-electron chi connectivity index (χ2n) is 6.36. The molecule has 7 nitrogen and oxygen atoms in total. The molecule has 1 aromatic carbocycles. The molecule has 0 N–H and O–H groups in total. The standard InChI is InChI=1S/C18H27N3O4S/c1-3-9-21(10-4-2)26(24,25)17-7-5-16(6-8-17)18(23)20-13-11-19(15-22)12-14-20/h5-8,15H,3-4,9-14H2,1-2H3. The van der Waals surface area contributed by atoms with Crippen LogP contribution in [0.2, 0.25) is 0 Å². The highest BCUT2D eigenvalue weighted by molar-refractivity contribution is 7.89. The molecule has 0 unspecified atom stereocenters. The van der Waals surface area contributed by atoms with Gasteiger partial charge in [0, 0.05) is 44.8 Å². The van der Waals surface area contributed by atoms with E-state index in [2.05, 4.69) is 0 Å². The number of benzene rings is 1. The van der Waals surface area contributed by atoms with Gasteiger partial charge in [0.2, 0.25) is 16.4 Å². The molecule has 1 aliphatic rings. The van der Waals surface area contributed by atoms with Crippen LogP contribution in [0.25, 0.3) is 0 Å². The first kappa shape index (κ1) is 20.4. The minimum absolute atomic E-state index is 0.140. The van der Waals surface area contributed by atoms with Gasteiger partial charge in [-0.15, -0.1) is 0 Å². The molecule has 0 radical (unpaired) electrons. The van der Waals surface area contributed by atoms with E-state index in [1.165, 1.54) is 16.4 Å². The molecule has 0 saturated carbocycles. The molecule has 0 aliphatic carbocycles. The van der Waals surface area contributed by atoms with Crippen molar-refractivity contribution >= 4 is 22.3 Å². The van der Waals surface area contributed by atoms with Gasteiger partial charge in [-0.3, -0.25) is 9.59 Å². The van der Waals surface area contributed by atoms with Crippen molar-refractivity contribution < 1.29 is 18.0 Å². The summed E-state index contributed by atoms with van der Waals surface area (Å²) < 4.78 is 27.0. The summed E-state index contributed by atoms with van der Waals surface area (Å²) in [6, 6.07) is 6.14. The van der Waals surface area contributed by atoms with Gasteiger partial charge in [0.05, 0.1) is 4.90 Å². The minimum Gasteiger partial charge on any atom is -0.342 e. The smallest absolute Gasteiger partial charge is 0.253 e. The summed E-state index contributed by atoms with van der Waals surface area (Å²) in [5.41, 5.74) is 0.459. The minimum atomic E-state index is -3.54. The Morgan fingerprint density at radius 1 is 1.04 bits per heavy atom. The molecule has 0 bridgehead atoms. The van der Waals surface area contributed by atoms with E-state index < -0.39 is 10.0 Å². The molecule has 8 heteroatoms. The lowest BCUT2D eigenvalue weighted by molar-refractivity contribution is -0.119. The maximum atomic E-state index is 12.8. The molecule has 1 aliphatic heterocycles. The molecule has 0 atom stereocenters. The lowest BCUT2D eigenvalue weighted by atomic mass is 10.2. The maximum absolute atomic E-state index is 12.8. The second kappa shape index (κ2) is 9.14. The van der Waals surface area contributed by atoms with Crippen molar-refractivity contribution in [2.24, 2.45) is 0 Å². The van der Waals surface area contributed by atoms with E-state index in [4.69, 9.17) is 0 Å². The van der Waals surface area contributed by atoms with Gasteiger partial charge in [-0.2, -0.15) is 4.31 Å². The third-order valence-electron chi connectivity index (χ3n) is 4.44. The quantitative estimate of drug-likeness (QED) is 0.638. The number of carbonyl (C=O) groups excluding carboxylic acids is 2. The van der Waals surface area contributed by atoms with Gasteiger partial charge >= 0.3 is 0 Å². The molecule has 26 heavy (non-hydrogen) atoms. The molecule has 144 valence electrons. The molecule has 0 aromatic heterocycles. The number of hydrogen-bond donors (Lipinski definition) is 0. The average Bonchev–Trinajstić information content (AvgIpc) is 2.67. The number of carbonyl (C=O) groups is 2. The van der Waals surface area contributed by atoms with Crippen LogP contribution in [-0.4, -0.2) is 74.1 Å². The van der Waals surface area contributed by atoms with Gasteiger partial charge in [-0.1, -0.05) is 13.8 Å². The number of piperazine rings is 1. The van der Waals surface area contributed by atoms with E-state index >= 15 is 0 Å². The Labute approximate surface area is 155 Å². The highest BCUT2D eigenvalue weighted by atomic mass is 32.2. The van der Waals surface area contributed by atoms with Gasteiger partial charge in [-0.05, 0) is 37.1 Å². The molecule has 1 aromatic rings. The molecular formula is C18H27N3O4S. The van der Waals surface area contributed by atoms with Gasteiger partial charge in [0.25, 0.3) is 5.91 Å². The number of rotatable bonds is 8. The summed E-state index contributed by atoms with van der Waals surface area (Å²) in [4.78, 5) is 26.8. The highest BCUT2D eigenvalue weighted by Gasteiger charge is 2.25. The van der Waals surface area contributed by atoms with Gasteiger partial charge in [0.1, 0.15) is 0 Å². The first-order valence-corrected chi connectivity index (χ1v) is 10.5. The summed E-state index contributed by atoms with van der Waals surface area (Å²) in [6.07, 6.45) is 2.30. The number of hydrogen-bond acceptors (Lipinski definition) is 4. The predicted octanol–water partition coefficient (Wildman–Crippen LogP) is 1.41. The summed E-state index contributed by atoms with van der Waals surface area (Å²) in [5, 5.41) is 0. The fraction of sp³-hybridized carbons (Fsp3) is 0.556. The molecule has 1 saturated heterocycles. The fourth-order valence-electron chi connectivity index (χ4n) is 2.98. The number of nitrogens with zero attached hydrogens (tertiary/aromatic N) is 3. The van der Waals surface area contributed by atoms with Crippen molar-refractivity contribution in [3.05, 3.63) is 29.8 Å². The first-order valence-electron chi connectivity index (χ1n) is 9.02. The predicted molar refractivity (Wildman–Crippen MR) is 99.3 cm³/mol. The van der Waals surface area contributed by atoms with Crippen LogP contribution in [0.5, 0.6) is 0 Å². The van der Waals surface area contributed by atoms with Crippen LogP contribution in [-0.2, 0) is 14.8 Å². The van der Waals surface area contributed by atoms with Gasteiger partial charge in [-0.25, -0.2) is 8.42 Å². The van der Waals surface area contributed by atoms with Crippen molar-refractivity contribution in [2.45, 2.75) is 31.6 Å². The molecule has 1 heterocycles. The van der Waals surface area contributed by atoms with Crippen LogP contribution in [0.1, 0.15) is 37.0 Å².